The lowest BCUT2D eigenvalue weighted by atomic mass is 10.0. The van der Waals surface area contributed by atoms with Gasteiger partial charge in [0, 0.05) is 55.9 Å². The molecule has 250 valence electrons. The average molecular weight is 671 g/mol. The molecule has 0 aliphatic carbocycles. The number of fused-ring (bicyclic) bond motifs is 9. The number of carbonyl (C=O) groups is 3. The summed E-state index contributed by atoms with van der Waals surface area (Å²) in [7, 11) is 3.09. The largest absolute Gasteiger partial charge is 0.496 e. The number of aromatic nitrogens is 1. The van der Waals surface area contributed by atoms with Crippen molar-refractivity contribution < 1.29 is 33.3 Å². The summed E-state index contributed by atoms with van der Waals surface area (Å²) in [4.78, 5) is 46.0. The summed E-state index contributed by atoms with van der Waals surface area (Å²) in [6.07, 6.45) is 1.41. The Morgan fingerprint density at radius 3 is 2.65 bits per heavy atom. The van der Waals surface area contributed by atoms with E-state index in [0.717, 1.165) is 21.7 Å². The fourth-order valence-corrected chi connectivity index (χ4v) is 6.66. The van der Waals surface area contributed by atoms with Crippen molar-refractivity contribution in [2.24, 2.45) is 0 Å². The molecule has 0 radical (unpaired) electrons. The van der Waals surface area contributed by atoms with Gasteiger partial charge in [0.15, 0.2) is 18.1 Å². The van der Waals surface area contributed by atoms with E-state index in [1.807, 2.05) is 48.5 Å². The summed E-state index contributed by atoms with van der Waals surface area (Å²) in [6, 6.07) is 20.3. The molecule has 4 bridgehead atoms. The Balaban J connectivity index is 1.23. The highest BCUT2D eigenvalue weighted by molar-refractivity contribution is 7.09. The first-order chi connectivity index (χ1) is 23.4. The molecular weight excluding hydrogens is 632 g/mol. The number of hydrogen-bond acceptors (Lipinski definition) is 9. The van der Waals surface area contributed by atoms with Crippen LogP contribution in [0.4, 0.5) is 0 Å². The first-order valence-electron chi connectivity index (χ1n) is 15.9. The van der Waals surface area contributed by atoms with Crippen molar-refractivity contribution in [2.45, 2.75) is 44.4 Å². The standard InChI is InChI=1S/C36H38N4O7S/c1-44-30-12-8-24-9-13-33(41)37-19-25-10-11-26(18-31(25)45-2)47-29-14-15-40(20-27(29)38-34(42)21-46-32(30)16-24)36(43)28-22-48-35(39-28)17-23-6-4-3-5-7-23/h3-8,10-12,16,18,22,27,29H,9,13-15,17,19-21H2,1-2H3,(H,37,41)(H,38,42)/t27-,29+/m1/s1. The van der Waals surface area contributed by atoms with Crippen LogP contribution < -0.4 is 29.6 Å². The molecule has 3 aliphatic heterocycles. The van der Waals surface area contributed by atoms with Crippen LogP contribution >= 0.6 is 11.3 Å². The Morgan fingerprint density at radius 2 is 1.83 bits per heavy atom. The number of carbonyl (C=O) groups excluding carboxylic acids is 3. The first-order valence-corrected chi connectivity index (χ1v) is 16.7. The van der Waals surface area contributed by atoms with E-state index in [2.05, 4.69) is 15.6 Å². The Hall–Kier alpha value is -5.10. The lowest BCUT2D eigenvalue weighted by Crippen LogP contribution is -2.58. The topological polar surface area (TPSA) is 128 Å². The van der Waals surface area contributed by atoms with Gasteiger partial charge in [0.2, 0.25) is 5.91 Å². The molecule has 4 heterocycles. The molecule has 2 atom stereocenters. The summed E-state index contributed by atoms with van der Waals surface area (Å²) in [5, 5.41) is 8.66. The zero-order valence-electron chi connectivity index (χ0n) is 26.9. The maximum Gasteiger partial charge on any atom is 0.273 e. The third kappa shape index (κ3) is 8.06. The maximum absolute atomic E-state index is 13.6. The summed E-state index contributed by atoms with van der Waals surface area (Å²) < 4.78 is 23.4. The monoisotopic (exact) mass is 670 g/mol. The van der Waals surface area contributed by atoms with Crippen molar-refractivity contribution in [1.29, 1.82) is 0 Å². The molecule has 48 heavy (non-hydrogen) atoms. The van der Waals surface area contributed by atoms with Crippen molar-refractivity contribution in [3.05, 3.63) is 99.5 Å². The summed E-state index contributed by atoms with van der Waals surface area (Å²) in [5.41, 5.74) is 3.18. The second kappa shape index (κ2) is 15.2. The van der Waals surface area contributed by atoms with Crippen molar-refractivity contribution in [1.82, 2.24) is 20.5 Å². The Bertz CT molecular complexity index is 1760. The van der Waals surface area contributed by atoms with Crippen molar-refractivity contribution in [2.75, 3.05) is 33.9 Å². The fourth-order valence-electron chi connectivity index (χ4n) is 5.86. The number of ether oxygens (including phenoxy) is 4. The van der Waals surface area contributed by atoms with Crippen LogP contribution in [-0.4, -0.2) is 73.7 Å². The predicted molar refractivity (Wildman–Crippen MR) is 180 cm³/mol. The Labute approximate surface area is 283 Å². The van der Waals surface area contributed by atoms with Gasteiger partial charge in [-0.05, 0) is 41.8 Å². The van der Waals surface area contributed by atoms with Crippen molar-refractivity contribution >= 4 is 29.1 Å². The van der Waals surface area contributed by atoms with Crippen LogP contribution in [0.5, 0.6) is 23.0 Å². The van der Waals surface area contributed by atoms with Crippen LogP contribution in [0.25, 0.3) is 0 Å². The van der Waals surface area contributed by atoms with E-state index in [4.69, 9.17) is 18.9 Å². The van der Waals surface area contributed by atoms with Crippen LogP contribution in [0.15, 0.2) is 72.1 Å². The highest BCUT2D eigenvalue weighted by Crippen LogP contribution is 2.30. The highest BCUT2D eigenvalue weighted by Gasteiger charge is 2.35. The van der Waals surface area contributed by atoms with Crippen LogP contribution in [-0.2, 0) is 29.0 Å². The molecule has 3 aliphatic rings. The summed E-state index contributed by atoms with van der Waals surface area (Å²) in [5.74, 6) is 1.31. The van der Waals surface area contributed by atoms with E-state index in [1.165, 1.54) is 18.4 Å². The molecule has 1 saturated heterocycles. The molecule has 0 unspecified atom stereocenters. The predicted octanol–water partition coefficient (Wildman–Crippen LogP) is 4.17. The SMILES string of the molecule is COc1cc2ccc1CNC(=O)CCc1ccc(OC)c(c1)OCC(=O)N[C@@H]1CN(C(=O)c3csc(Cc4ccccc4)n3)CC[C@@H]1O2. The molecule has 3 aromatic carbocycles. The number of likely N-dealkylation sites (tertiary alicyclic amines) is 1. The average Bonchev–Trinajstić information content (AvgIpc) is 3.58. The normalized spacial score (nSPS) is 18.5. The molecule has 2 N–H and O–H groups in total. The van der Waals surface area contributed by atoms with Gasteiger partial charge in [-0.15, -0.1) is 11.3 Å². The molecule has 1 fully saturated rings. The number of amides is 3. The van der Waals surface area contributed by atoms with Gasteiger partial charge in [-0.1, -0.05) is 36.4 Å². The number of hydrogen-bond donors (Lipinski definition) is 2. The van der Waals surface area contributed by atoms with E-state index in [9.17, 15) is 14.4 Å². The Kier molecular flexibility index (Phi) is 10.4. The molecule has 12 heteroatoms. The second-order valence-electron chi connectivity index (χ2n) is 11.7. The van der Waals surface area contributed by atoms with Crippen molar-refractivity contribution in [3.8, 4) is 23.0 Å². The Morgan fingerprint density at radius 1 is 1.00 bits per heavy atom. The third-order valence-corrected chi connectivity index (χ3v) is 9.25. The number of nitrogens with one attached hydrogen (secondary N) is 2. The molecule has 11 nitrogen and oxygen atoms in total. The minimum Gasteiger partial charge on any atom is -0.496 e. The van der Waals surface area contributed by atoms with Crippen LogP contribution in [0.1, 0.15) is 45.0 Å². The molecule has 7 rings (SSSR count). The zero-order chi connectivity index (χ0) is 33.5. The molecule has 0 spiro atoms. The number of benzene rings is 3. The lowest BCUT2D eigenvalue weighted by molar-refractivity contribution is -0.125. The summed E-state index contributed by atoms with van der Waals surface area (Å²) in [6.45, 7) is 0.654. The fraction of sp³-hybridized carbons (Fsp3) is 0.333. The first kappa shape index (κ1) is 32.8. The summed E-state index contributed by atoms with van der Waals surface area (Å²) >= 11 is 1.46. The number of methoxy groups -OCH3 is 2. The molecule has 3 amide bonds. The van der Waals surface area contributed by atoms with Crippen LogP contribution in [0.3, 0.4) is 0 Å². The maximum atomic E-state index is 13.6. The van der Waals surface area contributed by atoms with Gasteiger partial charge in [-0.2, -0.15) is 0 Å². The van der Waals surface area contributed by atoms with Gasteiger partial charge in [0.05, 0.1) is 25.3 Å². The second-order valence-corrected chi connectivity index (χ2v) is 12.6. The van der Waals surface area contributed by atoms with E-state index >= 15 is 0 Å². The van der Waals surface area contributed by atoms with E-state index in [1.54, 1.807) is 35.6 Å². The molecule has 1 aromatic heterocycles. The zero-order valence-corrected chi connectivity index (χ0v) is 27.7. The van der Waals surface area contributed by atoms with Crippen LogP contribution in [0.2, 0.25) is 0 Å². The van der Waals surface area contributed by atoms with Crippen molar-refractivity contribution in [3.63, 3.8) is 0 Å². The molecular formula is C36H38N4O7S. The highest BCUT2D eigenvalue weighted by atomic mass is 32.1. The van der Waals surface area contributed by atoms with Gasteiger partial charge >= 0.3 is 0 Å². The van der Waals surface area contributed by atoms with Gasteiger partial charge in [-0.3, -0.25) is 14.4 Å². The van der Waals surface area contributed by atoms with E-state index < -0.39 is 12.1 Å². The number of piperidine rings is 1. The molecule has 4 aromatic rings. The van der Waals surface area contributed by atoms with E-state index in [-0.39, 0.29) is 37.3 Å². The lowest BCUT2D eigenvalue weighted by Gasteiger charge is -2.38. The van der Waals surface area contributed by atoms with Crippen LogP contribution in [0, 0.1) is 0 Å². The van der Waals surface area contributed by atoms with Gasteiger partial charge in [-0.25, -0.2) is 4.98 Å². The van der Waals surface area contributed by atoms with E-state index in [0.29, 0.717) is 61.0 Å². The van der Waals surface area contributed by atoms with Gasteiger partial charge < -0.3 is 34.5 Å². The van der Waals surface area contributed by atoms with Gasteiger partial charge in [0.1, 0.15) is 23.3 Å². The molecule has 0 saturated carbocycles. The number of aryl methyl sites for hydroxylation is 1. The number of nitrogens with zero attached hydrogens (tertiary/aromatic N) is 2. The number of thiazole rings is 1. The smallest absolute Gasteiger partial charge is 0.273 e. The third-order valence-electron chi connectivity index (χ3n) is 8.40. The van der Waals surface area contributed by atoms with Gasteiger partial charge in [0.25, 0.3) is 11.8 Å². The quantitative estimate of drug-likeness (QED) is 0.324. The minimum atomic E-state index is -0.540. The number of rotatable bonds is 5. The minimum absolute atomic E-state index is 0.109.